The molecule has 0 atom stereocenters. The molecule has 134 valence electrons. The number of fused-ring (bicyclic) bond motifs is 1. The van der Waals surface area contributed by atoms with Crippen LogP contribution >= 0.6 is 11.6 Å². The first-order chi connectivity index (χ1) is 12.9. The van der Waals surface area contributed by atoms with Gasteiger partial charge in [-0.3, -0.25) is 0 Å². The Morgan fingerprint density at radius 2 is 1.30 bits per heavy atom. The molecule has 0 fully saturated rings. The van der Waals surface area contributed by atoms with E-state index >= 15 is 0 Å². The first-order valence-corrected chi connectivity index (χ1v) is 8.76. The number of hydrogen-bond acceptors (Lipinski definition) is 0. The van der Waals surface area contributed by atoms with Crippen molar-refractivity contribution in [2.45, 2.75) is 6.92 Å². The first-order valence-electron chi connectivity index (χ1n) is 8.38. The van der Waals surface area contributed by atoms with Crippen LogP contribution in [0.4, 0.5) is 13.2 Å². The lowest BCUT2D eigenvalue weighted by atomic mass is 9.97. The van der Waals surface area contributed by atoms with Gasteiger partial charge in [0.05, 0.1) is 5.02 Å². The van der Waals surface area contributed by atoms with Crippen LogP contribution in [0.25, 0.3) is 33.0 Å². The molecule has 0 heterocycles. The van der Waals surface area contributed by atoms with Crippen LogP contribution in [0.3, 0.4) is 0 Å². The molecular weight excluding hydrogens is 369 g/mol. The molecule has 0 amide bonds. The van der Waals surface area contributed by atoms with Gasteiger partial charge in [-0.15, -0.1) is 0 Å². The highest BCUT2D eigenvalue weighted by Crippen LogP contribution is 2.37. The Bertz CT molecular complexity index is 1140. The van der Waals surface area contributed by atoms with E-state index in [-0.39, 0.29) is 5.56 Å². The Morgan fingerprint density at radius 3 is 1.96 bits per heavy atom. The van der Waals surface area contributed by atoms with Gasteiger partial charge in [0.15, 0.2) is 17.5 Å². The van der Waals surface area contributed by atoms with E-state index in [1.165, 1.54) is 5.56 Å². The van der Waals surface area contributed by atoms with Crippen LogP contribution in [0, 0.1) is 24.4 Å². The standard InChI is InChI=1S/C23H14ClF3/c1-13-2-4-14(5-3-13)15-6-8-18-16(10-15)7-9-19(22(18)24)17-11-20(25)23(27)21(26)12-17/h2-12H,1H3. The van der Waals surface area contributed by atoms with Crippen LogP contribution < -0.4 is 0 Å². The quantitative estimate of drug-likeness (QED) is 0.314. The highest BCUT2D eigenvalue weighted by Gasteiger charge is 2.15. The Morgan fingerprint density at radius 1 is 0.667 bits per heavy atom. The second-order valence-corrected chi connectivity index (χ2v) is 6.86. The molecule has 0 spiro atoms. The van der Waals surface area contributed by atoms with E-state index < -0.39 is 17.5 Å². The first kappa shape index (κ1) is 17.6. The van der Waals surface area contributed by atoms with Gasteiger partial charge in [-0.2, -0.15) is 0 Å². The van der Waals surface area contributed by atoms with E-state index in [1.807, 2.05) is 43.3 Å². The molecule has 0 N–H and O–H groups in total. The maximum atomic E-state index is 13.6. The average molecular weight is 383 g/mol. The zero-order valence-electron chi connectivity index (χ0n) is 14.4. The molecule has 4 aromatic carbocycles. The van der Waals surface area contributed by atoms with Gasteiger partial charge in [0.25, 0.3) is 0 Å². The minimum atomic E-state index is -1.49. The summed E-state index contributed by atoms with van der Waals surface area (Å²) in [6, 6.07) is 19.5. The smallest absolute Gasteiger partial charge is 0.194 e. The van der Waals surface area contributed by atoms with Crippen molar-refractivity contribution in [3.8, 4) is 22.3 Å². The van der Waals surface area contributed by atoms with Gasteiger partial charge < -0.3 is 0 Å². The largest absolute Gasteiger partial charge is 0.204 e. The van der Waals surface area contributed by atoms with Crippen LogP contribution in [-0.4, -0.2) is 0 Å². The monoisotopic (exact) mass is 382 g/mol. The summed E-state index contributed by atoms with van der Waals surface area (Å²) in [6.07, 6.45) is 0. The Kier molecular flexibility index (Phi) is 4.40. The van der Waals surface area contributed by atoms with Gasteiger partial charge in [-0.1, -0.05) is 65.7 Å². The Balaban J connectivity index is 1.83. The van der Waals surface area contributed by atoms with E-state index in [2.05, 4.69) is 12.1 Å². The molecular formula is C23H14ClF3. The number of rotatable bonds is 2. The lowest BCUT2D eigenvalue weighted by molar-refractivity contribution is 0.448. The van der Waals surface area contributed by atoms with Crippen molar-refractivity contribution >= 4 is 22.4 Å². The van der Waals surface area contributed by atoms with Gasteiger partial charge in [0.1, 0.15) is 0 Å². The molecule has 4 heteroatoms. The van der Waals surface area contributed by atoms with E-state index in [1.54, 1.807) is 6.07 Å². The normalized spacial score (nSPS) is 11.1. The molecule has 4 rings (SSSR count). The van der Waals surface area contributed by atoms with Crippen LogP contribution in [0.1, 0.15) is 5.56 Å². The molecule has 0 aliphatic rings. The molecule has 0 radical (unpaired) electrons. The van der Waals surface area contributed by atoms with Crippen LogP contribution in [0.2, 0.25) is 5.02 Å². The van der Waals surface area contributed by atoms with Gasteiger partial charge in [0, 0.05) is 10.9 Å². The van der Waals surface area contributed by atoms with Crippen molar-refractivity contribution in [1.29, 1.82) is 0 Å². The molecule has 27 heavy (non-hydrogen) atoms. The highest BCUT2D eigenvalue weighted by molar-refractivity contribution is 6.38. The number of benzene rings is 4. The molecule has 4 aromatic rings. The second-order valence-electron chi connectivity index (χ2n) is 6.48. The lowest BCUT2D eigenvalue weighted by Crippen LogP contribution is -1.92. The maximum absolute atomic E-state index is 13.6. The number of aryl methyl sites for hydroxylation is 1. The fraction of sp³-hybridized carbons (Fsp3) is 0.0435. The Hall–Kier alpha value is -2.78. The minimum Gasteiger partial charge on any atom is -0.204 e. The zero-order chi connectivity index (χ0) is 19.1. The molecule has 0 aromatic heterocycles. The maximum Gasteiger partial charge on any atom is 0.194 e. The van der Waals surface area contributed by atoms with Crippen LogP contribution in [0.15, 0.2) is 66.7 Å². The summed E-state index contributed by atoms with van der Waals surface area (Å²) in [5.41, 5.74) is 3.97. The fourth-order valence-electron chi connectivity index (χ4n) is 3.15. The summed E-state index contributed by atoms with van der Waals surface area (Å²) in [6.45, 7) is 2.03. The highest BCUT2D eigenvalue weighted by atomic mass is 35.5. The van der Waals surface area contributed by atoms with E-state index in [9.17, 15) is 13.2 Å². The third-order valence-corrected chi connectivity index (χ3v) is 5.04. The van der Waals surface area contributed by atoms with Gasteiger partial charge in [0.2, 0.25) is 0 Å². The van der Waals surface area contributed by atoms with Gasteiger partial charge in [-0.25, -0.2) is 13.2 Å². The van der Waals surface area contributed by atoms with Crippen LogP contribution in [-0.2, 0) is 0 Å². The van der Waals surface area contributed by atoms with Crippen molar-refractivity contribution in [3.05, 3.63) is 94.8 Å². The van der Waals surface area contributed by atoms with Crippen molar-refractivity contribution in [2.24, 2.45) is 0 Å². The summed E-state index contributed by atoms with van der Waals surface area (Å²) < 4.78 is 40.4. The molecule has 0 aliphatic carbocycles. The third-order valence-electron chi connectivity index (χ3n) is 4.63. The van der Waals surface area contributed by atoms with E-state index in [0.717, 1.165) is 34.0 Å². The molecule has 0 nitrogen and oxygen atoms in total. The predicted molar refractivity (Wildman–Crippen MR) is 104 cm³/mol. The molecule has 0 aliphatic heterocycles. The fourth-order valence-corrected chi connectivity index (χ4v) is 3.50. The van der Waals surface area contributed by atoms with E-state index in [0.29, 0.717) is 10.6 Å². The topological polar surface area (TPSA) is 0 Å². The molecule has 0 bridgehead atoms. The zero-order valence-corrected chi connectivity index (χ0v) is 15.1. The summed E-state index contributed by atoms with van der Waals surface area (Å²) in [5, 5.41) is 2.04. The Labute approximate surface area is 159 Å². The van der Waals surface area contributed by atoms with Crippen molar-refractivity contribution in [3.63, 3.8) is 0 Å². The predicted octanol–water partition coefficient (Wildman–Crippen LogP) is 7.55. The summed E-state index contributed by atoms with van der Waals surface area (Å²) in [7, 11) is 0. The number of hydrogen-bond donors (Lipinski definition) is 0. The molecule has 0 unspecified atom stereocenters. The SMILES string of the molecule is Cc1ccc(-c2ccc3c(Cl)c(-c4cc(F)c(F)c(F)c4)ccc3c2)cc1. The summed E-state index contributed by atoms with van der Waals surface area (Å²) in [5.74, 6) is -3.97. The van der Waals surface area contributed by atoms with Crippen molar-refractivity contribution in [1.82, 2.24) is 0 Å². The van der Waals surface area contributed by atoms with Gasteiger partial charge >= 0.3 is 0 Å². The third kappa shape index (κ3) is 3.19. The molecule has 0 saturated heterocycles. The minimum absolute atomic E-state index is 0.195. The van der Waals surface area contributed by atoms with E-state index in [4.69, 9.17) is 11.6 Å². The van der Waals surface area contributed by atoms with Crippen LogP contribution in [0.5, 0.6) is 0 Å². The summed E-state index contributed by atoms with van der Waals surface area (Å²) >= 11 is 6.50. The van der Waals surface area contributed by atoms with Gasteiger partial charge in [-0.05, 0) is 47.2 Å². The van der Waals surface area contributed by atoms with Crippen molar-refractivity contribution in [2.75, 3.05) is 0 Å². The second kappa shape index (κ2) is 6.75. The number of halogens is 4. The average Bonchev–Trinajstić information content (AvgIpc) is 2.66. The lowest BCUT2D eigenvalue weighted by Gasteiger charge is -2.11. The summed E-state index contributed by atoms with van der Waals surface area (Å²) in [4.78, 5) is 0. The van der Waals surface area contributed by atoms with Crippen molar-refractivity contribution < 1.29 is 13.2 Å². The molecule has 0 saturated carbocycles.